The molecule has 1 atom stereocenters. The number of rotatable bonds is 4. The molecule has 0 bridgehead atoms. The number of imidazole rings is 1. The van der Waals surface area contributed by atoms with E-state index in [0.717, 1.165) is 36.6 Å². The molecule has 1 aliphatic heterocycles. The Labute approximate surface area is 138 Å². The Morgan fingerprint density at radius 1 is 1.35 bits per heavy atom. The lowest BCUT2D eigenvalue weighted by atomic mass is 10.0. The summed E-state index contributed by atoms with van der Waals surface area (Å²) in [6, 6.07) is 2.16. The molecule has 0 aromatic carbocycles. The summed E-state index contributed by atoms with van der Waals surface area (Å²) in [6.07, 6.45) is 11.4. The van der Waals surface area contributed by atoms with Crippen LogP contribution in [0.1, 0.15) is 25.0 Å². The molecule has 0 spiro atoms. The second kappa shape index (κ2) is 6.16. The monoisotopic (exact) mass is 329 g/mol. The normalized spacial score (nSPS) is 18.6. The van der Waals surface area contributed by atoms with E-state index in [9.17, 15) is 4.79 Å². The number of carbonyl (C=O) groups excluding carboxylic acids is 1. The van der Waals surface area contributed by atoms with Gasteiger partial charge in [0.25, 0.3) is 0 Å². The van der Waals surface area contributed by atoms with Crippen molar-refractivity contribution >= 4 is 22.2 Å². The van der Waals surface area contributed by atoms with Gasteiger partial charge in [-0.05, 0) is 25.3 Å². The Balaban J connectivity index is 1.47. The Morgan fingerprint density at radius 3 is 3.13 bits per heavy atom. The van der Waals surface area contributed by atoms with Gasteiger partial charge >= 0.3 is 0 Å². The van der Waals surface area contributed by atoms with Crippen molar-refractivity contribution in [3.63, 3.8) is 0 Å². The minimum absolute atomic E-state index is 0.174. The summed E-state index contributed by atoms with van der Waals surface area (Å²) in [7, 11) is 0. The van der Waals surface area contributed by atoms with Gasteiger partial charge in [-0.3, -0.25) is 13.9 Å². The molecule has 1 aliphatic rings. The van der Waals surface area contributed by atoms with Crippen LogP contribution in [0.15, 0.2) is 36.2 Å². The molecule has 7 heteroatoms. The van der Waals surface area contributed by atoms with Gasteiger partial charge in [-0.25, -0.2) is 4.98 Å². The third-order valence-corrected chi connectivity index (χ3v) is 5.15. The lowest BCUT2D eigenvalue weighted by Crippen LogP contribution is -2.46. The Hall–Kier alpha value is -2.15. The largest absolute Gasteiger partial charge is 0.338 e. The van der Waals surface area contributed by atoms with Crippen LogP contribution in [-0.2, 0) is 17.8 Å². The summed E-state index contributed by atoms with van der Waals surface area (Å²) < 4.78 is 3.90. The number of amides is 1. The molecule has 120 valence electrons. The van der Waals surface area contributed by atoms with E-state index in [0.29, 0.717) is 6.42 Å². The molecule has 0 unspecified atom stereocenters. The van der Waals surface area contributed by atoms with Crippen LogP contribution in [0.25, 0.3) is 4.96 Å². The number of fused-ring (bicyclic) bond motifs is 1. The van der Waals surface area contributed by atoms with Crippen LogP contribution < -0.4 is 0 Å². The van der Waals surface area contributed by atoms with E-state index in [-0.39, 0.29) is 11.9 Å². The lowest BCUT2D eigenvalue weighted by molar-refractivity contribution is -0.134. The van der Waals surface area contributed by atoms with Gasteiger partial charge in [0.1, 0.15) is 0 Å². The van der Waals surface area contributed by atoms with E-state index in [1.54, 1.807) is 17.5 Å². The van der Waals surface area contributed by atoms with Crippen LogP contribution >= 0.6 is 11.3 Å². The maximum atomic E-state index is 12.8. The standard InChI is InChI=1S/C16H19N5OS/c22-15(10-13-11-19-8-9-23-16(19)18-13)21-7-2-1-4-14(21)12-20-6-3-5-17-20/h3,5-6,8-9,11,14H,1-2,4,7,10,12H2/t14-/m0/s1. The highest BCUT2D eigenvalue weighted by Gasteiger charge is 2.27. The quantitative estimate of drug-likeness (QED) is 0.737. The highest BCUT2D eigenvalue weighted by Crippen LogP contribution is 2.20. The van der Waals surface area contributed by atoms with E-state index >= 15 is 0 Å². The number of aromatic nitrogens is 4. The van der Waals surface area contributed by atoms with Gasteiger partial charge in [-0.1, -0.05) is 0 Å². The fourth-order valence-electron chi connectivity index (χ4n) is 3.26. The van der Waals surface area contributed by atoms with Crippen molar-refractivity contribution in [2.45, 2.75) is 38.3 Å². The van der Waals surface area contributed by atoms with Crippen molar-refractivity contribution in [1.29, 1.82) is 0 Å². The summed E-state index contributed by atoms with van der Waals surface area (Å²) >= 11 is 1.59. The molecule has 23 heavy (non-hydrogen) atoms. The number of hydrogen-bond acceptors (Lipinski definition) is 4. The summed E-state index contributed by atoms with van der Waals surface area (Å²) in [5, 5.41) is 6.27. The van der Waals surface area contributed by atoms with E-state index in [1.165, 1.54) is 6.42 Å². The first-order valence-corrected chi connectivity index (χ1v) is 8.85. The molecule has 1 saturated heterocycles. The molecule has 4 rings (SSSR count). The van der Waals surface area contributed by atoms with Crippen molar-refractivity contribution in [3.05, 3.63) is 41.9 Å². The Bertz CT molecular complexity index is 762. The summed E-state index contributed by atoms with van der Waals surface area (Å²) in [6.45, 7) is 1.62. The van der Waals surface area contributed by atoms with E-state index in [1.807, 2.05) is 44.0 Å². The molecule has 3 aromatic rings. The number of thiazole rings is 1. The highest BCUT2D eigenvalue weighted by atomic mass is 32.1. The van der Waals surface area contributed by atoms with Crippen molar-refractivity contribution < 1.29 is 4.79 Å². The van der Waals surface area contributed by atoms with Gasteiger partial charge in [0, 0.05) is 36.7 Å². The number of nitrogens with zero attached hydrogens (tertiary/aromatic N) is 5. The maximum Gasteiger partial charge on any atom is 0.228 e. The zero-order valence-electron chi connectivity index (χ0n) is 12.8. The van der Waals surface area contributed by atoms with Crippen LogP contribution in [0.3, 0.4) is 0 Å². The van der Waals surface area contributed by atoms with Crippen LogP contribution in [0.2, 0.25) is 0 Å². The van der Waals surface area contributed by atoms with Gasteiger partial charge in [0.2, 0.25) is 5.91 Å². The van der Waals surface area contributed by atoms with Crippen LogP contribution in [-0.4, -0.2) is 42.6 Å². The molecule has 0 radical (unpaired) electrons. The summed E-state index contributed by atoms with van der Waals surface area (Å²) in [4.78, 5) is 20.3. The van der Waals surface area contributed by atoms with Gasteiger partial charge in [0.05, 0.1) is 24.7 Å². The van der Waals surface area contributed by atoms with Crippen molar-refractivity contribution in [2.75, 3.05) is 6.54 Å². The fourth-order valence-corrected chi connectivity index (χ4v) is 3.98. The molecular weight excluding hydrogens is 310 g/mol. The Kier molecular flexibility index (Phi) is 3.87. The van der Waals surface area contributed by atoms with Crippen molar-refractivity contribution in [2.24, 2.45) is 0 Å². The molecule has 0 saturated carbocycles. The second-order valence-corrected chi connectivity index (χ2v) is 6.84. The minimum Gasteiger partial charge on any atom is -0.338 e. The highest BCUT2D eigenvalue weighted by molar-refractivity contribution is 7.15. The first-order valence-electron chi connectivity index (χ1n) is 7.97. The third kappa shape index (κ3) is 3.01. The molecule has 1 amide bonds. The fraction of sp³-hybridized carbons (Fsp3) is 0.438. The van der Waals surface area contributed by atoms with Gasteiger partial charge in [0.15, 0.2) is 4.96 Å². The molecule has 6 nitrogen and oxygen atoms in total. The number of hydrogen-bond donors (Lipinski definition) is 0. The first kappa shape index (κ1) is 14.4. The molecule has 0 N–H and O–H groups in total. The van der Waals surface area contributed by atoms with Crippen LogP contribution in [0.4, 0.5) is 0 Å². The zero-order chi connectivity index (χ0) is 15.6. The average molecular weight is 329 g/mol. The molecule has 3 aromatic heterocycles. The predicted molar refractivity (Wildman–Crippen MR) is 88.4 cm³/mol. The van der Waals surface area contributed by atoms with Gasteiger partial charge in [-0.2, -0.15) is 5.10 Å². The molecule has 0 aliphatic carbocycles. The van der Waals surface area contributed by atoms with Crippen LogP contribution in [0.5, 0.6) is 0 Å². The number of piperidine rings is 1. The molecular formula is C16H19N5OS. The Morgan fingerprint density at radius 2 is 2.30 bits per heavy atom. The topological polar surface area (TPSA) is 55.4 Å². The number of likely N-dealkylation sites (tertiary alicyclic amines) is 1. The van der Waals surface area contributed by atoms with Crippen molar-refractivity contribution in [3.8, 4) is 0 Å². The summed E-state index contributed by atoms with van der Waals surface area (Å²) in [5.74, 6) is 0.174. The van der Waals surface area contributed by atoms with Crippen LogP contribution in [0, 0.1) is 0 Å². The smallest absolute Gasteiger partial charge is 0.228 e. The third-order valence-electron chi connectivity index (χ3n) is 4.38. The second-order valence-electron chi connectivity index (χ2n) is 5.97. The molecule has 4 heterocycles. The van der Waals surface area contributed by atoms with Gasteiger partial charge < -0.3 is 4.90 Å². The summed E-state index contributed by atoms with van der Waals surface area (Å²) in [5.41, 5.74) is 0.852. The minimum atomic E-state index is 0.174. The van der Waals surface area contributed by atoms with E-state index in [2.05, 4.69) is 10.1 Å². The van der Waals surface area contributed by atoms with Crippen molar-refractivity contribution in [1.82, 2.24) is 24.1 Å². The maximum absolute atomic E-state index is 12.8. The zero-order valence-corrected chi connectivity index (χ0v) is 13.7. The SMILES string of the molecule is O=C(Cc1cn2ccsc2n1)N1CCCC[C@H]1Cn1cccn1. The van der Waals surface area contributed by atoms with E-state index < -0.39 is 0 Å². The number of carbonyl (C=O) groups is 1. The first-order chi connectivity index (χ1) is 11.3. The lowest BCUT2D eigenvalue weighted by Gasteiger charge is -2.35. The van der Waals surface area contributed by atoms with Gasteiger partial charge in [-0.15, -0.1) is 11.3 Å². The van der Waals surface area contributed by atoms with E-state index in [4.69, 9.17) is 0 Å². The average Bonchev–Trinajstić information content (AvgIpc) is 3.25. The molecule has 1 fully saturated rings. The predicted octanol–water partition coefficient (Wildman–Crippen LogP) is 2.22.